The van der Waals surface area contributed by atoms with E-state index < -0.39 is 5.60 Å². The topological polar surface area (TPSA) is 32.3 Å². The summed E-state index contributed by atoms with van der Waals surface area (Å²) in [4.78, 5) is 0. The van der Waals surface area contributed by atoms with Gasteiger partial charge in [-0.1, -0.05) is 42.5 Å². The summed E-state index contributed by atoms with van der Waals surface area (Å²) in [7, 11) is 0. The smallest absolute Gasteiger partial charge is 0.0992 e. The molecule has 1 fully saturated rings. The Kier molecular flexibility index (Phi) is 3.46. The predicted octanol–water partition coefficient (Wildman–Crippen LogP) is 2.70. The van der Waals surface area contributed by atoms with Gasteiger partial charge < -0.3 is 10.4 Å². The fourth-order valence-electron chi connectivity index (χ4n) is 3.53. The molecular formula is C17H23NO. The fraction of sp³-hybridized carbons (Fsp3) is 0.529. The second-order valence-corrected chi connectivity index (χ2v) is 6.31. The number of aliphatic hydroxyl groups is 1. The molecule has 2 aliphatic rings. The Labute approximate surface area is 115 Å². The second-order valence-electron chi connectivity index (χ2n) is 6.31. The first-order valence-corrected chi connectivity index (χ1v) is 7.32. The van der Waals surface area contributed by atoms with Gasteiger partial charge in [-0.15, -0.1) is 0 Å². The number of hydrogen-bond donors (Lipinski definition) is 2. The number of hydrogen-bond acceptors (Lipinski definition) is 2. The van der Waals surface area contributed by atoms with Crippen LogP contribution < -0.4 is 5.32 Å². The van der Waals surface area contributed by atoms with Crippen LogP contribution in [0.1, 0.15) is 25.3 Å². The molecule has 0 aromatic heterocycles. The minimum absolute atomic E-state index is 0.620. The van der Waals surface area contributed by atoms with Crippen LogP contribution in [0.3, 0.4) is 0 Å². The van der Waals surface area contributed by atoms with Gasteiger partial charge in [-0.2, -0.15) is 0 Å². The van der Waals surface area contributed by atoms with Gasteiger partial charge in [0, 0.05) is 6.54 Å². The molecule has 4 atom stereocenters. The van der Waals surface area contributed by atoms with Gasteiger partial charge in [0.25, 0.3) is 0 Å². The van der Waals surface area contributed by atoms with E-state index in [1.807, 2.05) is 37.3 Å². The summed E-state index contributed by atoms with van der Waals surface area (Å²) in [6.45, 7) is 3.53. The van der Waals surface area contributed by atoms with Crippen molar-refractivity contribution in [1.82, 2.24) is 5.32 Å². The molecule has 0 spiro atoms. The normalized spacial score (nSPS) is 31.6. The number of allylic oxidation sites excluding steroid dienone is 2. The third-order valence-electron chi connectivity index (χ3n) is 4.69. The Morgan fingerprint density at radius 2 is 2.00 bits per heavy atom. The third kappa shape index (κ3) is 2.75. The van der Waals surface area contributed by atoms with Gasteiger partial charge in [-0.05, 0) is 49.6 Å². The summed E-state index contributed by atoms with van der Waals surface area (Å²) in [5, 5.41) is 14.0. The average molecular weight is 257 g/mol. The van der Waals surface area contributed by atoms with Crippen molar-refractivity contribution >= 4 is 0 Å². The first-order valence-electron chi connectivity index (χ1n) is 7.32. The monoisotopic (exact) mass is 257 g/mol. The zero-order valence-corrected chi connectivity index (χ0v) is 11.5. The summed E-state index contributed by atoms with van der Waals surface area (Å²) in [6.07, 6.45) is 7.43. The molecule has 1 saturated carbocycles. The Morgan fingerprint density at radius 3 is 2.63 bits per heavy atom. The van der Waals surface area contributed by atoms with Crippen LogP contribution in [-0.2, 0) is 5.60 Å². The maximum absolute atomic E-state index is 10.5. The van der Waals surface area contributed by atoms with E-state index >= 15 is 0 Å². The summed E-state index contributed by atoms with van der Waals surface area (Å²) < 4.78 is 0. The number of rotatable bonds is 5. The summed E-state index contributed by atoms with van der Waals surface area (Å²) >= 11 is 0. The van der Waals surface area contributed by atoms with Crippen molar-refractivity contribution in [2.45, 2.75) is 25.4 Å². The average Bonchev–Trinajstić information content (AvgIpc) is 3.02. The largest absolute Gasteiger partial charge is 0.384 e. The SMILES string of the molecule is CC(O)(CNCC1CC2C=CC1C2)c1ccccc1. The van der Waals surface area contributed by atoms with E-state index in [9.17, 15) is 5.11 Å². The molecule has 2 bridgehead atoms. The predicted molar refractivity (Wildman–Crippen MR) is 77.7 cm³/mol. The van der Waals surface area contributed by atoms with E-state index in [0.29, 0.717) is 6.54 Å². The van der Waals surface area contributed by atoms with Gasteiger partial charge in [0.15, 0.2) is 0 Å². The third-order valence-corrected chi connectivity index (χ3v) is 4.69. The highest BCUT2D eigenvalue weighted by Crippen LogP contribution is 2.42. The first kappa shape index (κ1) is 12.9. The molecule has 0 radical (unpaired) electrons. The van der Waals surface area contributed by atoms with Crippen LogP contribution in [-0.4, -0.2) is 18.2 Å². The van der Waals surface area contributed by atoms with Gasteiger partial charge in [0.1, 0.15) is 0 Å². The van der Waals surface area contributed by atoms with Gasteiger partial charge in [0.2, 0.25) is 0 Å². The molecule has 2 heteroatoms. The lowest BCUT2D eigenvalue weighted by atomic mass is 9.92. The van der Waals surface area contributed by atoms with Gasteiger partial charge in [-0.3, -0.25) is 0 Å². The van der Waals surface area contributed by atoms with E-state index in [2.05, 4.69) is 17.5 Å². The zero-order valence-electron chi connectivity index (χ0n) is 11.5. The maximum atomic E-state index is 10.5. The lowest BCUT2D eigenvalue weighted by Crippen LogP contribution is -2.38. The second kappa shape index (κ2) is 5.10. The lowest BCUT2D eigenvalue weighted by molar-refractivity contribution is 0.0557. The van der Waals surface area contributed by atoms with Crippen LogP contribution in [0.2, 0.25) is 0 Å². The summed E-state index contributed by atoms with van der Waals surface area (Å²) in [6, 6.07) is 9.91. The van der Waals surface area contributed by atoms with Crippen LogP contribution in [0.25, 0.3) is 0 Å². The zero-order chi connectivity index (χ0) is 13.3. The summed E-state index contributed by atoms with van der Waals surface area (Å²) in [5.41, 5.74) is 0.199. The highest BCUT2D eigenvalue weighted by molar-refractivity contribution is 5.21. The van der Waals surface area contributed by atoms with Crippen molar-refractivity contribution in [2.75, 3.05) is 13.1 Å². The van der Waals surface area contributed by atoms with Crippen molar-refractivity contribution in [2.24, 2.45) is 17.8 Å². The maximum Gasteiger partial charge on any atom is 0.0992 e. The number of benzene rings is 1. The van der Waals surface area contributed by atoms with Gasteiger partial charge in [0.05, 0.1) is 5.60 Å². The Balaban J connectivity index is 1.51. The van der Waals surface area contributed by atoms with Gasteiger partial charge >= 0.3 is 0 Å². The van der Waals surface area contributed by atoms with E-state index in [-0.39, 0.29) is 0 Å². The van der Waals surface area contributed by atoms with Crippen LogP contribution in [0.15, 0.2) is 42.5 Å². The lowest BCUT2D eigenvalue weighted by Gasteiger charge is -2.26. The first-order chi connectivity index (χ1) is 9.15. The van der Waals surface area contributed by atoms with Crippen molar-refractivity contribution in [3.63, 3.8) is 0 Å². The van der Waals surface area contributed by atoms with Crippen LogP contribution >= 0.6 is 0 Å². The Bertz CT molecular complexity index is 452. The molecule has 1 aromatic rings. The Morgan fingerprint density at radius 1 is 1.21 bits per heavy atom. The molecule has 1 aromatic carbocycles. The van der Waals surface area contributed by atoms with Crippen molar-refractivity contribution in [3.8, 4) is 0 Å². The molecule has 3 rings (SSSR count). The van der Waals surface area contributed by atoms with E-state index in [4.69, 9.17) is 0 Å². The Hall–Kier alpha value is -1.12. The molecule has 0 heterocycles. The van der Waals surface area contributed by atoms with E-state index in [0.717, 1.165) is 29.9 Å². The molecule has 0 saturated heterocycles. The minimum Gasteiger partial charge on any atom is -0.384 e. The molecule has 19 heavy (non-hydrogen) atoms. The molecular weight excluding hydrogens is 234 g/mol. The summed E-state index contributed by atoms with van der Waals surface area (Å²) in [5.74, 6) is 2.37. The van der Waals surface area contributed by atoms with Crippen LogP contribution in [0.5, 0.6) is 0 Å². The molecule has 2 N–H and O–H groups in total. The molecule has 0 aliphatic heterocycles. The van der Waals surface area contributed by atoms with Crippen LogP contribution in [0, 0.1) is 17.8 Å². The highest BCUT2D eigenvalue weighted by Gasteiger charge is 2.35. The quantitative estimate of drug-likeness (QED) is 0.795. The minimum atomic E-state index is -0.783. The van der Waals surface area contributed by atoms with E-state index in [1.165, 1.54) is 12.8 Å². The van der Waals surface area contributed by atoms with E-state index in [1.54, 1.807) is 0 Å². The molecule has 2 aliphatic carbocycles. The molecule has 2 nitrogen and oxygen atoms in total. The molecule has 102 valence electrons. The number of nitrogens with one attached hydrogen (secondary N) is 1. The standard InChI is InChI=1S/C17H23NO/c1-17(19,16-5-3-2-4-6-16)12-18-11-15-10-13-7-8-14(15)9-13/h2-8,13-15,18-19H,9-12H2,1H3. The van der Waals surface area contributed by atoms with Crippen molar-refractivity contribution in [3.05, 3.63) is 48.0 Å². The molecule has 4 unspecified atom stereocenters. The van der Waals surface area contributed by atoms with Crippen molar-refractivity contribution in [1.29, 1.82) is 0 Å². The van der Waals surface area contributed by atoms with Crippen LogP contribution in [0.4, 0.5) is 0 Å². The van der Waals surface area contributed by atoms with Gasteiger partial charge in [-0.25, -0.2) is 0 Å². The molecule has 0 amide bonds. The fourth-order valence-corrected chi connectivity index (χ4v) is 3.53. The number of fused-ring (bicyclic) bond motifs is 2. The highest BCUT2D eigenvalue weighted by atomic mass is 16.3. The van der Waals surface area contributed by atoms with Crippen molar-refractivity contribution < 1.29 is 5.11 Å².